The molecule has 1 aliphatic heterocycles. The van der Waals surface area contributed by atoms with Crippen molar-refractivity contribution in [3.8, 4) is 0 Å². The van der Waals surface area contributed by atoms with Gasteiger partial charge in [0.15, 0.2) is 5.69 Å². The summed E-state index contributed by atoms with van der Waals surface area (Å²) in [6, 6.07) is -0.210. The molecule has 0 bridgehead atoms. The highest BCUT2D eigenvalue weighted by atomic mass is 16.4. The van der Waals surface area contributed by atoms with Gasteiger partial charge in [0.2, 0.25) is 5.91 Å². The second-order valence-corrected chi connectivity index (χ2v) is 7.35. The number of carbonyl (C=O) groups excluding carboxylic acids is 1. The van der Waals surface area contributed by atoms with Gasteiger partial charge in [-0.15, -0.1) is 5.10 Å². The van der Waals surface area contributed by atoms with Crippen molar-refractivity contribution in [2.24, 2.45) is 17.8 Å². The second-order valence-electron chi connectivity index (χ2n) is 7.35. The molecule has 1 amide bonds. The molecule has 2 fully saturated rings. The Hall–Kier alpha value is -2.77. The zero-order chi connectivity index (χ0) is 18.7. The van der Waals surface area contributed by atoms with Crippen molar-refractivity contribution in [3.63, 3.8) is 0 Å². The zero-order valence-electron chi connectivity index (χ0n) is 15.2. The zero-order valence-corrected chi connectivity index (χ0v) is 15.2. The Morgan fingerprint density at radius 3 is 2.65 bits per heavy atom. The van der Waals surface area contributed by atoms with Crippen LogP contribution in [0.3, 0.4) is 0 Å². The van der Waals surface area contributed by atoms with Gasteiger partial charge in [-0.25, -0.2) is 14.5 Å². The lowest BCUT2D eigenvalue weighted by molar-refractivity contribution is -0.119. The first-order chi connectivity index (χ1) is 12.3. The summed E-state index contributed by atoms with van der Waals surface area (Å²) in [5.74, 6) is 0.931. The Bertz CT molecular complexity index is 922. The topological polar surface area (TPSA) is 101 Å². The van der Waals surface area contributed by atoms with Crippen LogP contribution in [0, 0.1) is 31.6 Å². The van der Waals surface area contributed by atoms with Gasteiger partial charge in [0.05, 0.1) is 12.2 Å². The highest BCUT2D eigenvalue weighted by Gasteiger charge is 2.59. The van der Waals surface area contributed by atoms with Crippen molar-refractivity contribution in [3.05, 3.63) is 34.8 Å². The number of aromatic carboxylic acids is 1. The number of nitrogens with zero attached hydrogens (tertiary/aromatic N) is 5. The fourth-order valence-corrected chi connectivity index (χ4v) is 4.01. The van der Waals surface area contributed by atoms with E-state index in [0.29, 0.717) is 11.8 Å². The van der Waals surface area contributed by atoms with Gasteiger partial charge in [-0.05, 0) is 49.3 Å². The maximum Gasteiger partial charge on any atom is 0.358 e. The van der Waals surface area contributed by atoms with E-state index in [9.17, 15) is 9.59 Å². The summed E-state index contributed by atoms with van der Waals surface area (Å²) in [6.45, 7) is 8.76. The molecule has 4 rings (SSSR count). The molecule has 136 valence electrons. The van der Waals surface area contributed by atoms with E-state index in [4.69, 9.17) is 5.11 Å². The number of hydrogen-bond donors (Lipinski definition) is 1. The molecular weight excluding hydrogens is 334 g/mol. The van der Waals surface area contributed by atoms with Crippen molar-refractivity contribution >= 4 is 17.7 Å². The lowest BCUT2D eigenvalue weighted by atomic mass is 10.0. The van der Waals surface area contributed by atoms with Crippen LogP contribution >= 0.6 is 0 Å². The third-order valence-corrected chi connectivity index (χ3v) is 6.00. The number of hydrogen-bond acceptors (Lipinski definition) is 5. The van der Waals surface area contributed by atoms with Crippen LogP contribution in [0.1, 0.15) is 47.1 Å². The number of carbonyl (C=O) groups is 2. The minimum Gasteiger partial charge on any atom is -0.476 e. The summed E-state index contributed by atoms with van der Waals surface area (Å²) in [7, 11) is 0. The molecule has 0 spiro atoms. The van der Waals surface area contributed by atoms with E-state index in [1.54, 1.807) is 6.20 Å². The average Bonchev–Trinajstić information content (AvgIpc) is 2.96. The van der Waals surface area contributed by atoms with Gasteiger partial charge >= 0.3 is 5.97 Å². The van der Waals surface area contributed by atoms with Gasteiger partial charge < -0.3 is 5.11 Å². The molecule has 1 saturated carbocycles. The second kappa shape index (κ2) is 5.62. The third kappa shape index (κ3) is 2.32. The lowest BCUT2D eigenvalue weighted by Gasteiger charge is -2.23. The molecule has 4 atom stereocenters. The van der Waals surface area contributed by atoms with Gasteiger partial charge in [-0.1, -0.05) is 12.1 Å². The molecule has 2 aliphatic rings. The van der Waals surface area contributed by atoms with Crippen LogP contribution in [0.25, 0.3) is 0 Å². The first-order valence-electron chi connectivity index (χ1n) is 8.73. The number of pyridine rings is 1. The molecule has 8 nitrogen and oxygen atoms in total. The number of rotatable bonds is 4. The summed E-state index contributed by atoms with van der Waals surface area (Å²) in [5, 5.41) is 16.6. The van der Waals surface area contributed by atoms with E-state index < -0.39 is 5.97 Å². The monoisotopic (exact) mass is 355 g/mol. The van der Waals surface area contributed by atoms with Crippen molar-refractivity contribution < 1.29 is 14.7 Å². The normalized spacial score (nSPS) is 25.3. The number of fused-ring (bicyclic) bond motifs is 1. The molecule has 1 saturated heterocycles. The average molecular weight is 355 g/mol. The molecule has 0 aromatic carbocycles. The van der Waals surface area contributed by atoms with Crippen LogP contribution in [0.15, 0.2) is 12.4 Å². The number of piperidine rings is 1. The Balaban J connectivity index is 1.63. The summed E-state index contributed by atoms with van der Waals surface area (Å²) >= 11 is 0. The standard InChI is InChI=1S/C18H21N5O3/c1-8-9(2)16(22-6-13-10(3)15(13)17(22)24)19-5-12(8)11(4)23-7-14(18(25)26)20-21-23/h5,7,10-11,13,15H,6H2,1-4H3,(H,25,26)/t10-,11+,13+,15-/m1/s1. The molecule has 3 heterocycles. The Labute approximate surface area is 150 Å². The summed E-state index contributed by atoms with van der Waals surface area (Å²) in [4.78, 5) is 29.9. The number of aromatic nitrogens is 4. The number of amides is 1. The molecule has 1 N–H and O–H groups in total. The SMILES string of the molecule is Cc1c([C@H](C)n2cc(C(=O)O)nn2)cnc(N2C[C@H]3[C@@H](C)[C@H]3C2=O)c1C. The van der Waals surface area contributed by atoms with Gasteiger partial charge in [-0.3, -0.25) is 9.69 Å². The van der Waals surface area contributed by atoms with E-state index in [0.717, 1.165) is 29.1 Å². The first-order valence-corrected chi connectivity index (χ1v) is 8.73. The molecule has 8 heteroatoms. The van der Waals surface area contributed by atoms with Crippen molar-refractivity contribution in [1.82, 2.24) is 20.0 Å². The molecular formula is C18H21N5O3. The van der Waals surface area contributed by atoms with Crippen LogP contribution in [0.2, 0.25) is 0 Å². The minimum atomic E-state index is -1.11. The Morgan fingerprint density at radius 2 is 2.08 bits per heavy atom. The van der Waals surface area contributed by atoms with Crippen molar-refractivity contribution in [2.45, 2.75) is 33.7 Å². The lowest BCUT2D eigenvalue weighted by Crippen LogP contribution is -2.31. The molecule has 2 aromatic rings. The number of anilines is 1. The van der Waals surface area contributed by atoms with Gasteiger partial charge in [0.25, 0.3) is 0 Å². The molecule has 0 radical (unpaired) electrons. The highest BCUT2D eigenvalue weighted by molar-refractivity contribution is 6.00. The molecule has 2 aromatic heterocycles. The maximum atomic E-state index is 12.5. The number of carboxylic acid groups (broad SMARTS) is 1. The van der Waals surface area contributed by atoms with Gasteiger partial charge in [-0.2, -0.15) is 0 Å². The van der Waals surface area contributed by atoms with Crippen molar-refractivity contribution in [1.29, 1.82) is 0 Å². The van der Waals surface area contributed by atoms with Crippen LogP contribution < -0.4 is 4.90 Å². The fourth-order valence-electron chi connectivity index (χ4n) is 4.01. The Kier molecular flexibility index (Phi) is 3.61. The smallest absolute Gasteiger partial charge is 0.358 e. The van der Waals surface area contributed by atoms with Crippen LogP contribution in [-0.4, -0.2) is 43.5 Å². The quantitative estimate of drug-likeness (QED) is 0.898. The predicted octanol–water partition coefficient (Wildman–Crippen LogP) is 1.83. The molecule has 1 aliphatic carbocycles. The van der Waals surface area contributed by atoms with Gasteiger partial charge in [0.1, 0.15) is 5.82 Å². The first kappa shape index (κ1) is 16.7. The maximum absolute atomic E-state index is 12.5. The summed E-state index contributed by atoms with van der Waals surface area (Å²) in [5.41, 5.74) is 2.83. The predicted molar refractivity (Wildman–Crippen MR) is 93.0 cm³/mol. The van der Waals surface area contributed by atoms with E-state index >= 15 is 0 Å². The summed E-state index contributed by atoms with van der Waals surface area (Å²) in [6.07, 6.45) is 3.17. The van der Waals surface area contributed by atoms with E-state index in [1.165, 1.54) is 10.9 Å². The summed E-state index contributed by atoms with van der Waals surface area (Å²) < 4.78 is 1.52. The van der Waals surface area contributed by atoms with E-state index in [2.05, 4.69) is 22.2 Å². The fraction of sp³-hybridized carbons (Fsp3) is 0.500. The highest BCUT2D eigenvalue weighted by Crippen LogP contribution is 2.53. The Morgan fingerprint density at radius 1 is 1.35 bits per heavy atom. The van der Waals surface area contributed by atoms with E-state index in [-0.39, 0.29) is 23.6 Å². The van der Waals surface area contributed by atoms with Crippen LogP contribution in [-0.2, 0) is 4.79 Å². The van der Waals surface area contributed by atoms with E-state index in [1.807, 2.05) is 25.7 Å². The minimum absolute atomic E-state index is 0.0909. The molecule has 26 heavy (non-hydrogen) atoms. The largest absolute Gasteiger partial charge is 0.476 e. The number of carboxylic acids is 1. The van der Waals surface area contributed by atoms with Crippen molar-refractivity contribution in [2.75, 3.05) is 11.4 Å². The van der Waals surface area contributed by atoms with Crippen LogP contribution in [0.5, 0.6) is 0 Å². The van der Waals surface area contributed by atoms with Gasteiger partial charge in [0, 0.05) is 18.7 Å². The van der Waals surface area contributed by atoms with Crippen LogP contribution in [0.4, 0.5) is 5.82 Å². The third-order valence-electron chi connectivity index (χ3n) is 6.00. The molecule has 0 unspecified atom stereocenters.